The molecular weight excluding hydrogens is 307 g/mol. The number of halogens is 1. The van der Waals surface area contributed by atoms with Gasteiger partial charge in [-0.15, -0.1) is 0 Å². The molecule has 1 atom stereocenters. The van der Waals surface area contributed by atoms with Crippen LogP contribution in [0.15, 0.2) is 36.7 Å². The number of rotatable bonds is 6. The minimum absolute atomic E-state index is 0.150. The van der Waals surface area contributed by atoms with Gasteiger partial charge in [0.15, 0.2) is 0 Å². The van der Waals surface area contributed by atoms with E-state index in [1.54, 1.807) is 6.33 Å². The summed E-state index contributed by atoms with van der Waals surface area (Å²) in [6, 6.07) is 8.71. The van der Waals surface area contributed by atoms with Crippen molar-refractivity contribution < 1.29 is 9.50 Å². The van der Waals surface area contributed by atoms with Gasteiger partial charge in [-0.05, 0) is 37.0 Å². The molecule has 128 valence electrons. The average Bonchev–Trinajstić information content (AvgIpc) is 3.10. The van der Waals surface area contributed by atoms with Gasteiger partial charge in [0.1, 0.15) is 23.8 Å². The van der Waals surface area contributed by atoms with E-state index in [4.69, 9.17) is 0 Å². The molecule has 1 N–H and O–H groups in total. The van der Waals surface area contributed by atoms with Gasteiger partial charge in [0, 0.05) is 26.2 Å². The van der Waals surface area contributed by atoms with Crippen LogP contribution < -0.4 is 9.80 Å². The van der Waals surface area contributed by atoms with E-state index in [9.17, 15) is 9.50 Å². The summed E-state index contributed by atoms with van der Waals surface area (Å²) < 4.78 is 13.0. The molecule has 1 fully saturated rings. The lowest BCUT2D eigenvalue weighted by Gasteiger charge is -2.25. The van der Waals surface area contributed by atoms with Gasteiger partial charge >= 0.3 is 0 Å². The second-order valence-corrected chi connectivity index (χ2v) is 6.20. The minimum atomic E-state index is -0.211. The molecule has 0 radical (unpaired) electrons. The molecule has 6 heteroatoms. The smallest absolute Gasteiger partial charge is 0.134 e. The molecular formula is C18H23FN4O. The van der Waals surface area contributed by atoms with Crippen molar-refractivity contribution in [2.24, 2.45) is 0 Å². The van der Waals surface area contributed by atoms with Gasteiger partial charge in [0.2, 0.25) is 0 Å². The van der Waals surface area contributed by atoms with E-state index in [1.165, 1.54) is 12.1 Å². The Hall–Kier alpha value is -2.21. The summed E-state index contributed by atoms with van der Waals surface area (Å²) in [6.07, 6.45) is 4.46. The first kappa shape index (κ1) is 16.6. The number of hydrogen-bond donors (Lipinski definition) is 1. The zero-order valence-electron chi connectivity index (χ0n) is 13.9. The molecule has 1 unspecified atom stereocenters. The van der Waals surface area contributed by atoms with Crippen molar-refractivity contribution >= 4 is 11.6 Å². The van der Waals surface area contributed by atoms with Gasteiger partial charge in [-0.1, -0.05) is 12.1 Å². The maximum absolute atomic E-state index is 13.0. The van der Waals surface area contributed by atoms with E-state index in [0.29, 0.717) is 0 Å². The summed E-state index contributed by atoms with van der Waals surface area (Å²) in [7, 11) is 1.99. The summed E-state index contributed by atoms with van der Waals surface area (Å²) in [5.41, 5.74) is 1.09. The van der Waals surface area contributed by atoms with E-state index in [0.717, 1.165) is 49.6 Å². The summed E-state index contributed by atoms with van der Waals surface area (Å²) in [6.45, 7) is 1.85. The average molecular weight is 330 g/mol. The van der Waals surface area contributed by atoms with Crippen LogP contribution in [0.1, 0.15) is 18.4 Å². The molecule has 3 rings (SSSR count). The topological polar surface area (TPSA) is 52.5 Å². The van der Waals surface area contributed by atoms with E-state index < -0.39 is 0 Å². The van der Waals surface area contributed by atoms with Crippen molar-refractivity contribution in [3.63, 3.8) is 0 Å². The lowest BCUT2D eigenvalue weighted by molar-refractivity contribution is 0.266. The van der Waals surface area contributed by atoms with Crippen LogP contribution in [0.3, 0.4) is 0 Å². The van der Waals surface area contributed by atoms with Gasteiger partial charge < -0.3 is 14.9 Å². The van der Waals surface area contributed by atoms with Crippen LogP contribution in [0.25, 0.3) is 0 Å². The van der Waals surface area contributed by atoms with Crippen LogP contribution in [0, 0.1) is 5.82 Å². The Balaban J connectivity index is 1.65. The van der Waals surface area contributed by atoms with Crippen molar-refractivity contribution in [1.82, 2.24) is 9.97 Å². The fourth-order valence-electron chi connectivity index (χ4n) is 3.09. The highest BCUT2D eigenvalue weighted by Crippen LogP contribution is 2.25. The Morgan fingerprint density at radius 3 is 2.83 bits per heavy atom. The Morgan fingerprint density at radius 2 is 2.08 bits per heavy atom. The van der Waals surface area contributed by atoms with Crippen molar-refractivity contribution in [1.29, 1.82) is 0 Å². The first-order chi connectivity index (χ1) is 11.7. The molecule has 1 aromatic carbocycles. The van der Waals surface area contributed by atoms with Crippen LogP contribution in [0.5, 0.6) is 0 Å². The van der Waals surface area contributed by atoms with Crippen LogP contribution in [0.4, 0.5) is 16.0 Å². The highest BCUT2D eigenvalue weighted by Gasteiger charge is 2.25. The molecule has 2 heterocycles. The number of aliphatic hydroxyl groups excluding tert-OH is 1. The van der Waals surface area contributed by atoms with Gasteiger partial charge in [0.25, 0.3) is 0 Å². The fraction of sp³-hybridized carbons (Fsp3) is 0.444. The van der Waals surface area contributed by atoms with Crippen LogP contribution in [-0.4, -0.2) is 47.9 Å². The highest BCUT2D eigenvalue weighted by atomic mass is 19.1. The number of benzene rings is 1. The van der Waals surface area contributed by atoms with Crippen LogP contribution in [-0.2, 0) is 6.42 Å². The van der Waals surface area contributed by atoms with Gasteiger partial charge in [-0.25, -0.2) is 14.4 Å². The molecule has 1 aliphatic rings. The Morgan fingerprint density at radius 1 is 1.29 bits per heavy atom. The van der Waals surface area contributed by atoms with Gasteiger partial charge in [0.05, 0.1) is 12.6 Å². The fourth-order valence-corrected chi connectivity index (χ4v) is 3.09. The number of anilines is 2. The van der Waals surface area contributed by atoms with Crippen molar-refractivity contribution in [3.8, 4) is 0 Å². The normalized spacial score (nSPS) is 17.3. The number of hydrogen-bond acceptors (Lipinski definition) is 5. The second kappa shape index (κ2) is 7.57. The SMILES string of the molecule is CN(CCc1ccc(F)cc1)c1cc(N2CCCC2CO)ncn1. The van der Waals surface area contributed by atoms with Crippen molar-refractivity contribution in [3.05, 3.63) is 48.0 Å². The molecule has 1 aromatic heterocycles. The molecule has 24 heavy (non-hydrogen) atoms. The molecule has 0 spiro atoms. The molecule has 0 amide bonds. The van der Waals surface area contributed by atoms with E-state index >= 15 is 0 Å². The Kier molecular flexibility index (Phi) is 5.25. The third-order valence-corrected chi connectivity index (χ3v) is 4.56. The molecule has 2 aromatic rings. The lowest BCUT2D eigenvalue weighted by Crippen LogP contribution is -2.33. The van der Waals surface area contributed by atoms with Crippen molar-refractivity contribution in [2.45, 2.75) is 25.3 Å². The van der Waals surface area contributed by atoms with E-state index in [1.807, 2.05) is 25.2 Å². The lowest BCUT2D eigenvalue weighted by atomic mass is 10.1. The predicted molar refractivity (Wildman–Crippen MR) is 92.9 cm³/mol. The van der Waals surface area contributed by atoms with Gasteiger partial charge in [-0.2, -0.15) is 0 Å². The van der Waals surface area contributed by atoms with Crippen LogP contribution >= 0.6 is 0 Å². The summed E-state index contributed by atoms with van der Waals surface area (Å²) in [4.78, 5) is 12.9. The summed E-state index contributed by atoms with van der Waals surface area (Å²) >= 11 is 0. The van der Waals surface area contributed by atoms with Gasteiger partial charge in [-0.3, -0.25) is 0 Å². The maximum Gasteiger partial charge on any atom is 0.134 e. The Bertz CT molecular complexity index is 664. The van der Waals surface area contributed by atoms with Crippen LogP contribution in [0.2, 0.25) is 0 Å². The molecule has 1 saturated heterocycles. The second-order valence-electron chi connectivity index (χ2n) is 6.20. The third kappa shape index (κ3) is 3.82. The molecule has 0 aliphatic carbocycles. The quantitative estimate of drug-likeness (QED) is 0.880. The summed E-state index contributed by atoms with van der Waals surface area (Å²) in [5.74, 6) is 1.51. The maximum atomic E-state index is 13.0. The van der Waals surface area contributed by atoms with E-state index in [2.05, 4.69) is 19.8 Å². The number of likely N-dealkylation sites (N-methyl/N-ethyl adjacent to an activating group) is 1. The molecule has 0 bridgehead atoms. The first-order valence-electron chi connectivity index (χ1n) is 8.32. The van der Waals surface area contributed by atoms with Crippen molar-refractivity contribution in [2.75, 3.05) is 36.5 Å². The largest absolute Gasteiger partial charge is 0.394 e. The standard InChI is InChI=1S/C18H23FN4O/c1-22(10-8-14-4-6-15(19)7-5-14)17-11-18(21-13-20-17)23-9-2-3-16(23)12-24/h4-7,11,13,16,24H,2-3,8-10,12H2,1H3. The number of aliphatic hydroxyl groups is 1. The number of aromatic nitrogens is 2. The third-order valence-electron chi connectivity index (χ3n) is 4.56. The predicted octanol–water partition coefficient (Wildman–Crippen LogP) is 2.26. The first-order valence-corrected chi connectivity index (χ1v) is 8.32. The molecule has 0 saturated carbocycles. The zero-order chi connectivity index (χ0) is 16.9. The van der Waals surface area contributed by atoms with E-state index in [-0.39, 0.29) is 18.5 Å². The monoisotopic (exact) mass is 330 g/mol. The molecule has 1 aliphatic heterocycles. The number of nitrogens with zero attached hydrogens (tertiary/aromatic N) is 4. The highest BCUT2D eigenvalue weighted by molar-refractivity contribution is 5.51. The Labute approximate surface area is 141 Å². The zero-order valence-corrected chi connectivity index (χ0v) is 13.9. The summed E-state index contributed by atoms with van der Waals surface area (Å²) in [5, 5.41) is 9.48. The molecule has 5 nitrogen and oxygen atoms in total. The minimum Gasteiger partial charge on any atom is -0.394 e.